The maximum Gasteiger partial charge on any atom is 0.251 e. The van der Waals surface area contributed by atoms with Crippen LogP contribution in [0.5, 0.6) is 0 Å². The van der Waals surface area contributed by atoms with Crippen LogP contribution in [-0.2, 0) is 4.79 Å². The van der Waals surface area contributed by atoms with Crippen molar-refractivity contribution < 1.29 is 14.7 Å². The Hall–Kier alpha value is -1.94. The number of amides is 1. The van der Waals surface area contributed by atoms with Crippen LogP contribution in [0, 0.1) is 52.3 Å². The molecular formula is C37H53NO3. The lowest BCUT2D eigenvalue weighted by Gasteiger charge is -2.72. The zero-order chi connectivity index (χ0) is 29.8. The molecule has 1 amide bonds. The number of Topliss-reactive ketones (excluding diaryl/α,β-unsaturated/α-hetero) is 1. The Bertz CT molecular complexity index is 1310. The van der Waals surface area contributed by atoms with E-state index in [2.05, 4.69) is 53.8 Å². The fourth-order valence-corrected chi connectivity index (χ4v) is 11.8. The molecule has 0 aromatic heterocycles. The Labute approximate surface area is 248 Å². The van der Waals surface area contributed by atoms with Crippen LogP contribution in [-0.4, -0.2) is 28.4 Å². The standard InChI is InChI=1S/C37H53NO3/c1-22(2)30-26(39)21-37(38-32(41)24-11-9-10-23(3)20-24)19-18-35(7)25(31(30)37)12-13-28-34(6)16-15-29(40)33(4,5)27(34)14-17-36(28,35)8/h9-11,20,22,25,27-29,40H,12-19,21H2,1-8H3,(H,38,41)/t25-,27+,28-,29+,34+,35-,36-,37-/m1/s1. The van der Waals surface area contributed by atoms with Crippen LogP contribution < -0.4 is 5.32 Å². The number of carbonyl (C=O) groups is 2. The fraction of sp³-hybridized carbons (Fsp3) is 0.730. The van der Waals surface area contributed by atoms with Crippen molar-refractivity contribution in [2.24, 2.45) is 45.3 Å². The van der Waals surface area contributed by atoms with Gasteiger partial charge in [-0.15, -0.1) is 0 Å². The summed E-state index contributed by atoms with van der Waals surface area (Å²) in [4.78, 5) is 27.5. The lowest BCUT2D eigenvalue weighted by atomic mass is 9.33. The third-order valence-electron chi connectivity index (χ3n) is 14.0. The Morgan fingerprint density at radius 1 is 0.927 bits per heavy atom. The minimum Gasteiger partial charge on any atom is -0.393 e. The lowest BCUT2D eigenvalue weighted by Crippen LogP contribution is -2.67. The molecule has 4 nitrogen and oxygen atoms in total. The Balaban J connectivity index is 1.41. The highest BCUT2D eigenvalue weighted by molar-refractivity contribution is 6.03. The first-order chi connectivity index (χ1) is 19.1. The van der Waals surface area contributed by atoms with Crippen molar-refractivity contribution in [2.45, 2.75) is 125 Å². The van der Waals surface area contributed by atoms with Crippen molar-refractivity contribution in [3.05, 3.63) is 46.5 Å². The number of fused-ring (bicyclic) bond motifs is 7. The van der Waals surface area contributed by atoms with Crippen molar-refractivity contribution in [1.82, 2.24) is 5.32 Å². The molecule has 5 aliphatic carbocycles. The van der Waals surface area contributed by atoms with E-state index >= 15 is 0 Å². The number of aryl methyl sites for hydroxylation is 1. The summed E-state index contributed by atoms with van der Waals surface area (Å²) in [6.07, 6.45) is 8.68. The van der Waals surface area contributed by atoms with Crippen molar-refractivity contribution >= 4 is 11.7 Å². The first-order valence-corrected chi connectivity index (χ1v) is 16.5. The smallest absolute Gasteiger partial charge is 0.251 e. The van der Waals surface area contributed by atoms with Gasteiger partial charge in [0.15, 0.2) is 5.78 Å². The van der Waals surface area contributed by atoms with Crippen LogP contribution in [0.1, 0.15) is 122 Å². The van der Waals surface area contributed by atoms with E-state index in [0.29, 0.717) is 29.7 Å². The molecule has 6 rings (SSSR count). The van der Waals surface area contributed by atoms with E-state index in [9.17, 15) is 14.7 Å². The van der Waals surface area contributed by atoms with E-state index < -0.39 is 5.54 Å². The van der Waals surface area contributed by atoms with Gasteiger partial charge >= 0.3 is 0 Å². The summed E-state index contributed by atoms with van der Waals surface area (Å²) in [7, 11) is 0. The number of hydrogen-bond donors (Lipinski definition) is 2. The largest absolute Gasteiger partial charge is 0.393 e. The highest BCUT2D eigenvalue weighted by Crippen LogP contribution is 2.75. The number of aliphatic hydroxyl groups excluding tert-OH is 1. The first kappa shape index (κ1) is 29.1. The van der Waals surface area contributed by atoms with Crippen LogP contribution >= 0.6 is 0 Å². The number of hydrogen-bond acceptors (Lipinski definition) is 3. The van der Waals surface area contributed by atoms with Gasteiger partial charge in [0, 0.05) is 12.0 Å². The van der Waals surface area contributed by atoms with Gasteiger partial charge in [-0.3, -0.25) is 9.59 Å². The molecule has 5 aliphatic rings. The Morgan fingerprint density at radius 2 is 1.66 bits per heavy atom. The van der Waals surface area contributed by atoms with Gasteiger partial charge in [-0.25, -0.2) is 0 Å². The average Bonchev–Trinajstić information content (AvgIpc) is 3.19. The molecule has 4 heteroatoms. The molecule has 4 fully saturated rings. The van der Waals surface area contributed by atoms with Crippen LogP contribution in [0.3, 0.4) is 0 Å². The Kier molecular flexibility index (Phi) is 6.60. The van der Waals surface area contributed by atoms with E-state index in [0.717, 1.165) is 43.2 Å². The van der Waals surface area contributed by atoms with Gasteiger partial charge in [-0.05, 0) is 127 Å². The van der Waals surface area contributed by atoms with Crippen molar-refractivity contribution in [3.8, 4) is 0 Å². The van der Waals surface area contributed by atoms with E-state index in [-0.39, 0.29) is 45.4 Å². The lowest BCUT2D eigenvalue weighted by molar-refractivity contribution is -0.226. The van der Waals surface area contributed by atoms with E-state index in [1.54, 1.807) is 0 Å². The quantitative estimate of drug-likeness (QED) is 0.397. The topological polar surface area (TPSA) is 66.4 Å². The second-order valence-electron chi connectivity index (χ2n) is 16.5. The molecule has 0 spiro atoms. The molecule has 41 heavy (non-hydrogen) atoms. The maximum atomic E-state index is 13.8. The molecule has 2 N–H and O–H groups in total. The summed E-state index contributed by atoms with van der Waals surface area (Å²) in [5.74, 6) is 1.79. The van der Waals surface area contributed by atoms with Crippen LogP contribution in [0.25, 0.3) is 0 Å². The first-order valence-electron chi connectivity index (χ1n) is 16.5. The molecule has 1 aromatic rings. The van der Waals surface area contributed by atoms with Gasteiger partial charge in [-0.2, -0.15) is 0 Å². The molecule has 0 unspecified atom stereocenters. The summed E-state index contributed by atoms with van der Waals surface area (Å²) < 4.78 is 0. The molecule has 0 saturated heterocycles. The SMILES string of the molecule is Cc1cccc(C(=O)N[C@@]23CC[C@]4(C)[C@H](CC[C@@H]5[C@@]6(C)CC[C@H](O)C(C)(C)[C@@H]6CC[C@]54C)C2=C(C(C)C)C(=O)C3)c1. The summed E-state index contributed by atoms with van der Waals surface area (Å²) in [5.41, 5.74) is 3.88. The van der Waals surface area contributed by atoms with Gasteiger partial charge in [0.05, 0.1) is 11.6 Å². The maximum absolute atomic E-state index is 13.8. The zero-order valence-corrected chi connectivity index (χ0v) is 26.8. The predicted octanol–water partition coefficient (Wildman–Crippen LogP) is 7.82. The van der Waals surface area contributed by atoms with Crippen molar-refractivity contribution in [3.63, 3.8) is 0 Å². The number of benzene rings is 1. The van der Waals surface area contributed by atoms with E-state index in [4.69, 9.17) is 0 Å². The third-order valence-corrected chi connectivity index (χ3v) is 14.0. The Morgan fingerprint density at radius 3 is 2.34 bits per heavy atom. The molecule has 224 valence electrons. The van der Waals surface area contributed by atoms with Crippen LogP contribution in [0.2, 0.25) is 0 Å². The van der Waals surface area contributed by atoms with Crippen LogP contribution in [0.4, 0.5) is 0 Å². The normalized spacial score (nSPS) is 43.2. The molecule has 8 atom stereocenters. The summed E-state index contributed by atoms with van der Waals surface area (Å²) in [5, 5.41) is 14.5. The second kappa shape index (κ2) is 9.28. The molecule has 1 aromatic carbocycles. The third kappa shape index (κ3) is 3.87. The van der Waals surface area contributed by atoms with Gasteiger partial charge in [0.1, 0.15) is 0 Å². The minimum atomic E-state index is -0.567. The summed E-state index contributed by atoms with van der Waals surface area (Å²) in [6.45, 7) is 18.7. The number of carbonyl (C=O) groups excluding carboxylic acids is 2. The molecule has 0 bridgehead atoms. The monoisotopic (exact) mass is 559 g/mol. The fourth-order valence-electron chi connectivity index (χ4n) is 11.8. The second-order valence-corrected chi connectivity index (χ2v) is 16.5. The van der Waals surface area contributed by atoms with Crippen LogP contribution in [0.15, 0.2) is 35.4 Å². The van der Waals surface area contributed by atoms with Gasteiger partial charge < -0.3 is 10.4 Å². The van der Waals surface area contributed by atoms with E-state index in [1.807, 2.05) is 31.2 Å². The highest BCUT2D eigenvalue weighted by Gasteiger charge is 2.70. The molecule has 0 aliphatic heterocycles. The number of rotatable bonds is 3. The number of aliphatic hydroxyl groups is 1. The summed E-state index contributed by atoms with van der Waals surface area (Å²) in [6, 6.07) is 7.81. The number of nitrogens with one attached hydrogen (secondary N) is 1. The molecular weight excluding hydrogens is 506 g/mol. The number of ketones is 1. The zero-order valence-electron chi connectivity index (χ0n) is 26.8. The summed E-state index contributed by atoms with van der Waals surface area (Å²) >= 11 is 0. The minimum absolute atomic E-state index is 0.0523. The van der Waals surface area contributed by atoms with Gasteiger partial charge in [-0.1, -0.05) is 66.2 Å². The predicted molar refractivity (Wildman–Crippen MR) is 164 cm³/mol. The highest BCUT2D eigenvalue weighted by atomic mass is 16.3. The number of allylic oxidation sites excluding steroid dienone is 1. The molecule has 0 radical (unpaired) electrons. The van der Waals surface area contributed by atoms with Crippen molar-refractivity contribution in [2.75, 3.05) is 0 Å². The molecule has 4 saturated carbocycles. The average molecular weight is 560 g/mol. The van der Waals surface area contributed by atoms with Crippen molar-refractivity contribution in [1.29, 1.82) is 0 Å². The van der Waals surface area contributed by atoms with Gasteiger partial charge in [0.2, 0.25) is 0 Å². The molecule has 0 heterocycles. The van der Waals surface area contributed by atoms with Gasteiger partial charge in [0.25, 0.3) is 5.91 Å². The van der Waals surface area contributed by atoms with E-state index in [1.165, 1.54) is 24.8 Å².